The minimum absolute atomic E-state index is 0.00655. The van der Waals surface area contributed by atoms with E-state index in [0.29, 0.717) is 16.8 Å². The summed E-state index contributed by atoms with van der Waals surface area (Å²) in [7, 11) is 3.68. The molecule has 1 unspecified atom stereocenters. The van der Waals surface area contributed by atoms with Gasteiger partial charge in [0.2, 0.25) is 0 Å². The van der Waals surface area contributed by atoms with Gasteiger partial charge in [-0.1, -0.05) is 65.8 Å². The number of rotatable bonds is 8. The van der Waals surface area contributed by atoms with Gasteiger partial charge in [-0.25, -0.2) is 4.79 Å². The number of hydrogen-bond donors (Lipinski definition) is 0. The van der Waals surface area contributed by atoms with Crippen molar-refractivity contribution < 1.29 is 14.4 Å². The van der Waals surface area contributed by atoms with Crippen LogP contribution in [0.2, 0.25) is 0 Å². The molecule has 0 bridgehead atoms. The third-order valence-electron chi connectivity index (χ3n) is 7.38. The fraction of sp³-hybridized carbons (Fsp3) is 0.206. The van der Waals surface area contributed by atoms with Crippen LogP contribution in [0.5, 0.6) is 0 Å². The first-order valence-corrected chi connectivity index (χ1v) is 13.4. The van der Waals surface area contributed by atoms with E-state index in [4.69, 9.17) is 4.84 Å². The molecule has 0 saturated heterocycles. The van der Waals surface area contributed by atoms with E-state index in [9.17, 15) is 9.59 Å². The lowest BCUT2D eigenvalue weighted by molar-refractivity contribution is -0.149. The van der Waals surface area contributed by atoms with Gasteiger partial charge in [0.25, 0.3) is 0 Å². The van der Waals surface area contributed by atoms with Crippen LogP contribution in [0.15, 0.2) is 96.2 Å². The van der Waals surface area contributed by atoms with Crippen LogP contribution < -0.4 is 0 Å². The zero-order valence-electron chi connectivity index (χ0n) is 23.5. The number of carbonyl (C=O) groups excluding carboxylic acids is 2. The van der Waals surface area contributed by atoms with Crippen LogP contribution >= 0.6 is 0 Å². The average molecular weight is 532 g/mol. The summed E-state index contributed by atoms with van der Waals surface area (Å²) in [6, 6.07) is 28.6. The van der Waals surface area contributed by atoms with Gasteiger partial charge in [0, 0.05) is 39.5 Å². The van der Waals surface area contributed by atoms with Crippen LogP contribution in [0.1, 0.15) is 52.5 Å². The lowest BCUT2D eigenvalue weighted by Gasteiger charge is -2.21. The molecule has 1 heterocycles. The van der Waals surface area contributed by atoms with Gasteiger partial charge in [0.1, 0.15) is 6.04 Å². The summed E-state index contributed by atoms with van der Waals surface area (Å²) in [5, 5.41) is 6.23. The second-order valence-corrected chi connectivity index (χ2v) is 10.2. The highest BCUT2D eigenvalue weighted by Crippen LogP contribution is 2.32. The Morgan fingerprint density at radius 3 is 2.08 bits per heavy atom. The van der Waals surface area contributed by atoms with E-state index in [1.165, 1.54) is 0 Å². The molecule has 1 aromatic heterocycles. The number of fused-ring (bicyclic) bond motifs is 3. The highest BCUT2D eigenvalue weighted by molar-refractivity contribution is 6.16. The van der Waals surface area contributed by atoms with E-state index in [-0.39, 0.29) is 5.78 Å². The van der Waals surface area contributed by atoms with E-state index in [1.54, 1.807) is 0 Å². The zero-order valence-corrected chi connectivity index (χ0v) is 23.5. The minimum Gasteiger partial charge on any atom is -0.341 e. The number of aromatic nitrogens is 1. The Hall–Kier alpha value is -4.55. The van der Waals surface area contributed by atoms with Crippen molar-refractivity contribution >= 4 is 39.3 Å². The van der Waals surface area contributed by atoms with Gasteiger partial charge in [-0.2, -0.15) is 0 Å². The van der Waals surface area contributed by atoms with Crippen molar-refractivity contribution in [2.75, 3.05) is 14.1 Å². The van der Waals surface area contributed by atoms with Crippen molar-refractivity contribution in [2.45, 2.75) is 33.4 Å². The fourth-order valence-electron chi connectivity index (χ4n) is 5.29. The van der Waals surface area contributed by atoms with Crippen molar-refractivity contribution in [3.63, 3.8) is 0 Å². The summed E-state index contributed by atoms with van der Waals surface area (Å²) in [6.45, 7) is 6.68. The normalized spacial score (nSPS) is 12.7. The fourth-order valence-corrected chi connectivity index (χ4v) is 5.29. The Labute approximate surface area is 234 Å². The molecule has 5 aromatic rings. The van der Waals surface area contributed by atoms with E-state index >= 15 is 0 Å². The van der Waals surface area contributed by atoms with Crippen molar-refractivity contribution in [2.24, 2.45) is 5.16 Å². The molecule has 0 aliphatic rings. The Kier molecular flexibility index (Phi) is 7.63. The number of aryl methyl sites for hydroxylation is 2. The molecule has 40 heavy (non-hydrogen) atoms. The number of benzene rings is 4. The maximum atomic E-state index is 13.4. The first-order chi connectivity index (χ1) is 19.3. The van der Waals surface area contributed by atoms with Gasteiger partial charge >= 0.3 is 5.97 Å². The number of nitrogens with zero attached hydrogens (tertiary/aromatic N) is 3. The Morgan fingerprint density at radius 1 is 0.850 bits per heavy atom. The summed E-state index contributed by atoms with van der Waals surface area (Å²) in [4.78, 5) is 33.6. The number of ketones is 1. The van der Waals surface area contributed by atoms with Crippen LogP contribution in [-0.4, -0.2) is 41.0 Å². The third-order valence-corrected chi connectivity index (χ3v) is 7.38. The molecule has 0 N–H and O–H groups in total. The SMILES string of the molecule is CCn1c2ccc(C(=O)c3ccccc3C)cc2c2cc(/C(C)=N/OC(=O)C(c3ccccc3)N(C)C)ccc21. The predicted octanol–water partition coefficient (Wildman–Crippen LogP) is 6.92. The van der Waals surface area contributed by atoms with E-state index in [1.807, 2.05) is 112 Å². The van der Waals surface area contributed by atoms with Crippen molar-refractivity contribution in [3.8, 4) is 0 Å². The summed E-state index contributed by atoms with van der Waals surface area (Å²) < 4.78 is 2.24. The van der Waals surface area contributed by atoms with Gasteiger partial charge in [0.15, 0.2) is 5.78 Å². The molecule has 6 heteroatoms. The van der Waals surface area contributed by atoms with Crippen LogP contribution in [0.3, 0.4) is 0 Å². The summed E-state index contributed by atoms with van der Waals surface area (Å²) in [6.07, 6.45) is 0. The van der Waals surface area contributed by atoms with Gasteiger partial charge in [-0.15, -0.1) is 0 Å². The Bertz CT molecular complexity index is 1750. The molecule has 0 amide bonds. The van der Waals surface area contributed by atoms with Gasteiger partial charge in [-0.3, -0.25) is 9.69 Å². The predicted molar refractivity (Wildman–Crippen MR) is 161 cm³/mol. The second kappa shape index (κ2) is 11.3. The van der Waals surface area contributed by atoms with Crippen LogP contribution in [-0.2, 0) is 16.2 Å². The van der Waals surface area contributed by atoms with Gasteiger partial charge < -0.3 is 9.40 Å². The maximum absolute atomic E-state index is 13.4. The van der Waals surface area contributed by atoms with E-state index < -0.39 is 12.0 Å². The van der Waals surface area contributed by atoms with Crippen LogP contribution in [0.25, 0.3) is 21.8 Å². The molecule has 0 fully saturated rings. The molecule has 0 aliphatic carbocycles. The van der Waals surface area contributed by atoms with Gasteiger partial charge in [-0.05, 0) is 81.9 Å². The molecule has 5 rings (SSSR count). The Balaban J connectivity index is 1.50. The van der Waals surface area contributed by atoms with Crippen LogP contribution in [0, 0.1) is 6.92 Å². The number of hydrogen-bond acceptors (Lipinski definition) is 5. The smallest absolute Gasteiger partial charge is 0.341 e. The lowest BCUT2D eigenvalue weighted by atomic mass is 9.97. The van der Waals surface area contributed by atoms with Gasteiger partial charge in [0.05, 0.1) is 5.71 Å². The second-order valence-electron chi connectivity index (χ2n) is 10.2. The number of likely N-dealkylation sites (N-methyl/N-ethyl adjacent to an activating group) is 1. The molecule has 0 saturated carbocycles. The standard InChI is InChI=1S/C34H33N3O3/c1-6-37-30-18-16-25(23(3)35-40-34(39)32(36(4)5)24-13-8-7-9-14-24)20-28(30)29-21-26(17-19-31(29)37)33(38)27-15-11-10-12-22(27)2/h7-21,32H,6H2,1-5H3/b35-23+. The summed E-state index contributed by atoms with van der Waals surface area (Å²) in [5.41, 5.74) is 6.72. The first-order valence-electron chi connectivity index (χ1n) is 13.4. The summed E-state index contributed by atoms with van der Waals surface area (Å²) >= 11 is 0. The highest BCUT2D eigenvalue weighted by atomic mass is 16.7. The van der Waals surface area contributed by atoms with Crippen molar-refractivity contribution in [1.82, 2.24) is 9.47 Å². The zero-order chi connectivity index (χ0) is 28.4. The quantitative estimate of drug-likeness (QED) is 0.0943. The molecule has 0 aliphatic heterocycles. The largest absolute Gasteiger partial charge is 0.356 e. The molecular formula is C34H33N3O3. The molecule has 0 radical (unpaired) electrons. The first kappa shape index (κ1) is 27.0. The third kappa shape index (κ3) is 5.06. The topological polar surface area (TPSA) is 63.9 Å². The Morgan fingerprint density at radius 2 is 1.45 bits per heavy atom. The maximum Gasteiger partial charge on any atom is 0.356 e. The van der Waals surface area contributed by atoms with E-state index in [0.717, 1.165) is 45.0 Å². The monoisotopic (exact) mass is 531 g/mol. The average Bonchev–Trinajstić information content (AvgIpc) is 3.28. The number of oxime groups is 1. The van der Waals surface area contributed by atoms with Crippen molar-refractivity contribution in [1.29, 1.82) is 0 Å². The van der Waals surface area contributed by atoms with E-state index in [2.05, 4.69) is 28.8 Å². The molecule has 6 nitrogen and oxygen atoms in total. The highest BCUT2D eigenvalue weighted by Gasteiger charge is 2.25. The molecule has 4 aromatic carbocycles. The lowest BCUT2D eigenvalue weighted by Crippen LogP contribution is -2.28. The molecular weight excluding hydrogens is 498 g/mol. The van der Waals surface area contributed by atoms with Crippen LogP contribution in [0.4, 0.5) is 0 Å². The van der Waals surface area contributed by atoms with Crippen molar-refractivity contribution in [3.05, 3.63) is 119 Å². The molecule has 1 atom stereocenters. The number of carbonyl (C=O) groups is 2. The molecule has 0 spiro atoms. The molecule has 202 valence electrons. The minimum atomic E-state index is -0.563. The summed E-state index contributed by atoms with van der Waals surface area (Å²) in [5.74, 6) is -0.439.